The number of hydrogen-bond donors (Lipinski definition) is 2. The number of aromatic nitrogens is 2. The van der Waals surface area contributed by atoms with Crippen molar-refractivity contribution in [3.63, 3.8) is 0 Å². The van der Waals surface area contributed by atoms with E-state index in [9.17, 15) is 0 Å². The summed E-state index contributed by atoms with van der Waals surface area (Å²) >= 11 is 0. The summed E-state index contributed by atoms with van der Waals surface area (Å²) in [6.07, 6.45) is 1.42. The Bertz CT molecular complexity index is 603. The number of nitrogens with two attached hydrogens (primary N) is 1. The molecule has 0 fully saturated rings. The van der Waals surface area contributed by atoms with Crippen LogP contribution < -0.4 is 20.5 Å². The third kappa shape index (κ3) is 2.01. The monoisotopic (exact) mass is 258 g/mol. The fraction of sp³-hybridized carbons (Fsp3) is 0.231. The molecule has 0 spiro atoms. The maximum atomic E-state index is 5.94. The van der Waals surface area contributed by atoms with Gasteiger partial charge in [-0.3, -0.25) is 0 Å². The van der Waals surface area contributed by atoms with E-state index in [1.165, 1.54) is 13.4 Å². The lowest BCUT2D eigenvalue weighted by molar-refractivity contribution is 0.339. The van der Waals surface area contributed by atoms with Crippen LogP contribution in [0.3, 0.4) is 0 Å². The predicted octanol–water partition coefficient (Wildman–Crippen LogP) is 1.61. The topological polar surface area (TPSA) is 82.3 Å². The molecule has 2 aromatic rings. The van der Waals surface area contributed by atoms with Gasteiger partial charge in [0.2, 0.25) is 5.88 Å². The Morgan fingerprint density at radius 3 is 3.05 bits per heavy atom. The summed E-state index contributed by atoms with van der Waals surface area (Å²) in [5, 5.41) is 3.26. The third-order valence-electron chi connectivity index (χ3n) is 3.05. The lowest BCUT2D eigenvalue weighted by Gasteiger charge is -2.14. The highest BCUT2D eigenvalue weighted by atomic mass is 16.5. The van der Waals surface area contributed by atoms with E-state index in [0.717, 1.165) is 11.3 Å². The lowest BCUT2D eigenvalue weighted by Crippen LogP contribution is -2.15. The molecular formula is C13H14N4O2. The van der Waals surface area contributed by atoms with Crippen molar-refractivity contribution in [1.82, 2.24) is 9.97 Å². The highest BCUT2D eigenvalue weighted by Gasteiger charge is 2.24. The van der Waals surface area contributed by atoms with Gasteiger partial charge < -0.3 is 20.5 Å². The first-order valence-corrected chi connectivity index (χ1v) is 5.92. The summed E-state index contributed by atoms with van der Waals surface area (Å²) in [6, 6.07) is 7.92. The molecule has 0 radical (unpaired) electrons. The molecule has 1 aromatic heterocycles. The second-order valence-electron chi connectivity index (χ2n) is 4.19. The van der Waals surface area contributed by atoms with Crippen molar-refractivity contribution in [3.05, 3.63) is 36.2 Å². The van der Waals surface area contributed by atoms with E-state index in [2.05, 4.69) is 15.3 Å². The summed E-state index contributed by atoms with van der Waals surface area (Å²) in [5.41, 5.74) is 7.43. The summed E-state index contributed by atoms with van der Waals surface area (Å²) < 4.78 is 10.7. The Balaban J connectivity index is 1.87. The fourth-order valence-corrected chi connectivity index (χ4v) is 2.10. The second-order valence-corrected chi connectivity index (χ2v) is 4.19. The zero-order chi connectivity index (χ0) is 13.2. The van der Waals surface area contributed by atoms with Gasteiger partial charge in [0.05, 0.1) is 13.2 Å². The second kappa shape index (κ2) is 4.64. The average molecular weight is 258 g/mol. The minimum atomic E-state index is 0.0260. The van der Waals surface area contributed by atoms with Crippen LogP contribution in [0.25, 0.3) is 0 Å². The van der Waals surface area contributed by atoms with Crippen LogP contribution in [0.1, 0.15) is 11.6 Å². The first-order valence-electron chi connectivity index (χ1n) is 5.92. The number of nitrogens with one attached hydrogen (secondary N) is 1. The van der Waals surface area contributed by atoms with Gasteiger partial charge in [0.25, 0.3) is 0 Å². The van der Waals surface area contributed by atoms with Gasteiger partial charge in [-0.2, -0.15) is 4.98 Å². The molecule has 0 amide bonds. The van der Waals surface area contributed by atoms with Gasteiger partial charge in [0.1, 0.15) is 24.4 Å². The van der Waals surface area contributed by atoms with E-state index >= 15 is 0 Å². The van der Waals surface area contributed by atoms with E-state index in [-0.39, 0.29) is 6.04 Å². The van der Waals surface area contributed by atoms with Crippen LogP contribution in [0.5, 0.6) is 11.6 Å². The number of nitrogens with zero attached hydrogens (tertiary/aromatic N) is 2. The number of rotatable bonds is 3. The normalized spacial score (nSPS) is 16.6. The Morgan fingerprint density at radius 1 is 1.37 bits per heavy atom. The average Bonchev–Trinajstić information content (AvgIpc) is 2.85. The van der Waals surface area contributed by atoms with Crippen molar-refractivity contribution in [2.75, 3.05) is 24.8 Å². The van der Waals surface area contributed by atoms with Crippen LogP contribution in [0, 0.1) is 0 Å². The quantitative estimate of drug-likeness (QED) is 0.870. The van der Waals surface area contributed by atoms with E-state index < -0.39 is 0 Å². The number of ether oxygens (including phenoxy) is 2. The molecule has 1 aromatic carbocycles. The van der Waals surface area contributed by atoms with E-state index in [1.807, 2.05) is 24.3 Å². The number of benzene rings is 1. The maximum Gasteiger partial charge on any atom is 0.242 e. The minimum Gasteiger partial charge on any atom is -0.491 e. The van der Waals surface area contributed by atoms with Crippen molar-refractivity contribution in [2.45, 2.75) is 6.04 Å². The highest BCUT2D eigenvalue weighted by Crippen LogP contribution is 2.35. The Kier molecular flexibility index (Phi) is 2.83. The lowest BCUT2D eigenvalue weighted by atomic mass is 10.1. The number of fused-ring (bicyclic) bond motifs is 1. The van der Waals surface area contributed by atoms with Crippen LogP contribution in [0.15, 0.2) is 30.6 Å². The Morgan fingerprint density at radius 2 is 2.21 bits per heavy atom. The smallest absolute Gasteiger partial charge is 0.242 e. The summed E-state index contributed by atoms with van der Waals surface area (Å²) in [5.74, 6) is 1.81. The van der Waals surface area contributed by atoms with Gasteiger partial charge in [-0.25, -0.2) is 4.98 Å². The van der Waals surface area contributed by atoms with Crippen molar-refractivity contribution < 1.29 is 9.47 Å². The zero-order valence-electron chi connectivity index (χ0n) is 10.5. The molecular weight excluding hydrogens is 244 g/mol. The largest absolute Gasteiger partial charge is 0.491 e. The SMILES string of the molecule is COc1ncnc(NC2COc3ccccc32)c1N. The first kappa shape index (κ1) is 11.6. The van der Waals surface area contributed by atoms with Gasteiger partial charge in [0.15, 0.2) is 5.82 Å². The van der Waals surface area contributed by atoms with Gasteiger partial charge >= 0.3 is 0 Å². The maximum absolute atomic E-state index is 5.94. The third-order valence-corrected chi connectivity index (χ3v) is 3.05. The summed E-state index contributed by atoms with van der Waals surface area (Å²) in [7, 11) is 1.52. The Labute approximate surface area is 110 Å². The molecule has 0 bridgehead atoms. The van der Waals surface area contributed by atoms with Crippen molar-refractivity contribution in [1.29, 1.82) is 0 Å². The van der Waals surface area contributed by atoms with Gasteiger partial charge in [0, 0.05) is 5.56 Å². The van der Waals surface area contributed by atoms with E-state index in [4.69, 9.17) is 15.2 Å². The van der Waals surface area contributed by atoms with Crippen molar-refractivity contribution in [2.24, 2.45) is 0 Å². The predicted molar refractivity (Wildman–Crippen MR) is 71.3 cm³/mol. The molecule has 3 rings (SSSR count). The summed E-state index contributed by atoms with van der Waals surface area (Å²) in [6.45, 7) is 0.547. The van der Waals surface area contributed by atoms with E-state index in [0.29, 0.717) is 24.0 Å². The minimum absolute atomic E-state index is 0.0260. The van der Waals surface area contributed by atoms with Crippen LogP contribution in [-0.2, 0) is 0 Å². The Hall–Kier alpha value is -2.50. The number of hydrogen-bond acceptors (Lipinski definition) is 6. The molecule has 1 atom stereocenters. The molecule has 98 valence electrons. The fourth-order valence-electron chi connectivity index (χ4n) is 2.10. The molecule has 1 aliphatic heterocycles. The molecule has 6 heteroatoms. The van der Waals surface area contributed by atoms with Crippen molar-refractivity contribution in [3.8, 4) is 11.6 Å². The van der Waals surface area contributed by atoms with Crippen LogP contribution >= 0.6 is 0 Å². The number of methoxy groups -OCH3 is 1. The number of para-hydroxylation sites is 1. The zero-order valence-corrected chi connectivity index (χ0v) is 10.5. The molecule has 1 aliphatic rings. The molecule has 0 saturated heterocycles. The standard InChI is InChI=1S/C13H14N4O2/c1-18-13-11(14)12(15-7-16-13)17-9-6-19-10-5-3-2-4-8(9)10/h2-5,7,9H,6,14H2,1H3,(H,15,16,17). The van der Waals surface area contributed by atoms with Crippen LogP contribution in [0.4, 0.5) is 11.5 Å². The van der Waals surface area contributed by atoms with Crippen LogP contribution in [0.2, 0.25) is 0 Å². The number of nitrogen functional groups attached to an aromatic ring is 1. The molecule has 3 N–H and O–H groups in total. The molecule has 6 nitrogen and oxygen atoms in total. The molecule has 2 heterocycles. The van der Waals surface area contributed by atoms with Gasteiger partial charge in [-0.1, -0.05) is 18.2 Å². The molecule has 19 heavy (non-hydrogen) atoms. The molecule has 0 saturated carbocycles. The molecule has 0 aliphatic carbocycles. The molecule has 1 unspecified atom stereocenters. The van der Waals surface area contributed by atoms with Gasteiger partial charge in [-0.05, 0) is 6.07 Å². The first-order chi connectivity index (χ1) is 9.29. The van der Waals surface area contributed by atoms with Gasteiger partial charge in [-0.15, -0.1) is 0 Å². The summed E-state index contributed by atoms with van der Waals surface area (Å²) in [4.78, 5) is 8.09. The van der Waals surface area contributed by atoms with Crippen molar-refractivity contribution >= 4 is 11.5 Å². The number of anilines is 2. The van der Waals surface area contributed by atoms with Crippen LogP contribution in [-0.4, -0.2) is 23.7 Å². The van der Waals surface area contributed by atoms with E-state index in [1.54, 1.807) is 0 Å². The highest BCUT2D eigenvalue weighted by molar-refractivity contribution is 5.67.